The summed E-state index contributed by atoms with van der Waals surface area (Å²) >= 11 is 3.20. The van der Waals surface area contributed by atoms with Gasteiger partial charge in [0.2, 0.25) is 0 Å². The van der Waals surface area contributed by atoms with E-state index in [4.69, 9.17) is 15.2 Å². The highest BCUT2D eigenvalue weighted by Gasteiger charge is 2.50. The molecule has 2 aromatic carbocycles. The normalized spacial score (nSPS) is 16.1. The lowest BCUT2D eigenvalue weighted by Crippen LogP contribution is -2.41. The summed E-state index contributed by atoms with van der Waals surface area (Å²) in [7, 11) is -4.22. The summed E-state index contributed by atoms with van der Waals surface area (Å²) < 4.78 is 77.9. The standard InChI is InChI=1S/C24H19BrF3N3O7S/c1-12-9-17(38-39(34,35)24(26,27)28)16(10-15(12)25)31-20(23(33)37-3)19(22(32)36-2)18(14(11-29)21(31)30)13-7-5-4-6-8-13/h4-10,18H,30H2,1-3H3. The van der Waals surface area contributed by atoms with E-state index in [1.54, 1.807) is 30.3 Å². The van der Waals surface area contributed by atoms with Crippen molar-refractivity contribution in [2.45, 2.75) is 18.3 Å². The molecule has 3 rings (SSSR count). The Labute approximate surface area is 229 Å². The number of methoxy groups -OCH3 is 2. The predicted octanol–water partition coefficient (Wildman–Crippen LogP) is 3.88. The smallest absolute Gasteiger partial charge is 0.466 e. The number of ether oxygens (including phenoxy) is 2. The monoisotopic (exact) mass is 629 g/mol. The number of halogens is 4. The van der Waals surface area contributed by atoms with Crippen LogP contribution in [-0.4, -0.2) is 40.1 Å². The predicted molar refractivity (Wildman–Crippen MR) is 134 cm³/mol. The van der Waals surface area contributed by atoms with Gasteiger partial charge < -0.3 is 19.4 Å². The highest BCUT2D eigenvalue weighted by Crippen LogP contribution is 2.47. The van der Waals surface area contributed by atoms with Crippen molar-refractivity contribution in [3.63, 3.8) is 0 Å². The SMILES string of the molecule is COC(=O)C1=C(C(=O)OC)N(c2cc(Br)c(C)cc2OS(=O)(=O)C(F)(F)F)C(N)=C(C#N)C1c1ccccc1. The lowest BCUT2D eigenvalue weighted by Gasteiger charge is -2.36. The molecule has 0 spiro atoms. The van der Waals surface area contributed by atoms with Crippen molar-refractivity contribution >= 4 is 43.7 Å². The minimum Gasteiger partial charge on any atom is -0.466 e. The minimum absolute atomic E-state index is 0.231. The Bertz CT molecular complexity index is 1550. The Morgan fingerprint density at radius 1 is 1.10 bits per heavy atom. The van der Waals surface area contributed by atoms with Crippen LogP contribution in [0, 0.1) is 18.3 Å². The van der Waals surface area contributed by atoms with Crippen molar-refractivity contribution in [3.05, 3.63) is 80.7 Å². The Kier molecular flexibility index (Phi) is 8.32. The van der Waals surface area contributed by atoms with Crippen LogP contribution in [0.25, 0.3) is 0 Å². The third-order valence-electron chi connectivity index (χ3n) is 5.57. The number of carbonyl (C=O) groups excluding carboxylic acids is 2. The van der Waals surface area contributed by atoms with Crippen LogP contribution in [0.5, 0.6) is 5.75 Å². The Hall–Kier alpha value is -4.03. The number of hydrogen-bond donors (Lipinski definition) is 1. The summed E-state index contributed by atoms with van der Waals surface area (Å²) in [6.45, 7) is 1.43. The molecule has 0 amide bonds. The van der Waals surface area contributed by atoms with Crippen molar-refractivity contribution in [1.82, 2.24) is 0 Å². The molecule has 1 unspecified atom stereocenters. The molecule has 1 aliphatic rings. The first-order chi connectivity index (χ1) is 18.2. The van der Waals surface area contributed by atoms with E-state index < -0.39 is 62.0 Å². The average molecular weight is 630 g/mol. The van der Waals surface area contributed by atoms with E-state index in [0.717, 1.165) is 31.3 Å². The van der Waals surface area contributed by atoms with Gasteiger partial charge in [0.05, 0.1) is 43.0 Å². The third-order valence-corrected chi connectivity index (χ3v) is 7.39. The fourth-order valence-electron chi connectivity index (χ4n) is 3.82. The highest BCUT2D eigenvalue weighted by molar-refractivity contribution is 9.10. The Morgan fingerprint density at radius 2 is 1.69 bits per heavy atom. The van der Waals surface area contributed by atoms with E-state index in [2.05, 4.69) is 20.1 Å². The maximum Gasteiger partial charge on any atom is 0.534 e. The molecule has 2 N–H and O–H groups in total. The molecule has 0 bridgehead atoms. The molecule has 1 heterocycles. The first-order valence-corrected chi connectivity index (χ1v) is 12.9. The topological polar surface area (TPSA) is 149 Å². The molecule has 2 aromatic rings. The van der Waals surface area contributed by atoms with Crippen LogP contribution in [0.1, 0.15) is 17.0 Å². The first kappa shape index (κ1) is 29.5. The van der Waals surface area contributed by atoms with E-state index in [-0.39, 0.29) is 15.6 Å². The fourth-order valence-corrected chi connectivity index (χ4v) is 4.61. The minimum atomic E-state index is -6.20. The zero-order valence-electron chi connectivity index (χ0n) is 20.4. The van der Waals surface area contributed by atoms with Gasteiger partial charge in [-0.05, 0) is 30.2 Å². The van der Waals surface area contributed by atoms with Crippen LogP contribution < -0.4 is 14.8 Å². The molecule has 0 saturated carbocycles. The van der Waals surface area contributed by atoms with Gasteiger partial charge in [-0.2, -0.15) is 26.9 Å². The molecule has 0 fully saturated rings. The van der Waals surface area contributed by atoms with Gasteiger partial charge >= 0.3 is 27.6 Å². The number of nitrogens with zero attached hydrogens (tertiary/aromatic N) is 2. The summed E-state index contributed by atoms with van der Waals surface area (Å²) in [6.07, 6.45) is 0. The number of anilines is 1. The van der Waals surface area contributed by atoms with Crippen LogP contribution in [0.15, 0.2) is 69.6 Å². The summed E-state index contributed by atoms with van der Waals surface area (Å²) in [5, 5.41) is 10.1. The van der Waals surface area contributed by atoms with Crippen molar-refractivity contribution in [2.24, 2.45) is 5.73 Å². The number of esters is 2. The van der Waals surface area contributed by atoms with Gasteiger partial charge in [0, 0.05) is 4.47 Å². The van der Waals surface area contributed by atoms with E-state index >= 15 is 0 Å². The summed E-state index contributed by atoms with van der Waals surface area (Å²) in [6, 6.07) is 11.9. The lowest BCUT2D eigenvalue weighted by molar-refractivity contribution is -0.139. The molecular weight excluding hydrogens is 611 g/mol. The van der Waals surface area contributed by atoms with Crippen molar-refractivity contribution in [1.29, 1.82) is 5.26 Å². The van der Waals surface area contributed by atoms with Crippen molar-refractivity contribution in [3.8, 4) is 11.8 Å². The molecule has 0 saturated heterocycles. The Balaban J connectivity index is 2.49. The second kappa shape index (κ2) is 11.0. The molecule has 0 radical (unpaired) electrons. The second-order valence-electron chi connectivity index (χ2n) is 7.89. The fraction of sp³-hybridized carbons (Fsp3) is 0.208. The number of carbonyl (C=O) groups is 2. The number of aryl methyl sites for hydroxylation is 1. The zero-order valence-corrected chi connectivity index (χ0v) is 22.8. The number of benzene rings is 2. The highest BCUT2D eigenvalue weighted by atomic mass is 79.9. The molecule has 15 heteroatoms. The molecule has 1 atom stereocenters. The number of rotatable bonds is 6. The van der Waals surface area contributed by atoms with Crippen LogP contribution >= 0.6 is 15.9 Å². The van der Waals surface area contributed by atoms with Crippen LogP contribution in [0.4, 0.5) is 18.9 Å². The number of allylic oxidation sites excluding steroid dienone is 1. The van der Waals surface area contributed by atoms with Crippen molar-refractivity contribution < 1.29 is 44.8 Å². The Morgan fingerprint density at radius 3 is 2.21 bits per heavy atom. The molecule has 39 heavy (non-hydrogen) atoms. The number of alkyl halides is 3. The molecule has 1 aliphatic heterocycles. The molecule has 10 nitrogen and oxygen atoms in total. The quantitative estimate of drug-likeness (QED) is 0.283. The summed E-state index contributed by atoms with van der Waals surface area (Å²) in [5.74, 6) is -4.96. The molecule has 0 aliphatic carbocycles. The van der Waals surface area contributed by atoms with Gasteiger partial charge in [-0.1, -0.05) is 46.3 Å². The second-order valence-corrected chi connectivity index (χ2v) is 10.3. The van der Waals surface area contributed by atoms with Gasteiger partial charge in [-0.3, -0.25) is 4.90 Å². The average Bonchev–Trinajstić information content (AvgIpc) is 2.88. The lowest BCUT2D eigenvalue weighted by atomic mass is 9.81. The van der Waals surface area contributed by atoms with Gasteiger partial charge in [-0.25, -0.2) is 9.59 Å². The maximum absolute atomic E-state index is 13.2. The summed E-state index contributed by atoms with van der Waals surface area (Å²) in [4.78, 5) is 27.0. The van der Waals surface area contributed by atoms with Crippen molar-refractivity contribution in [2.75, 3.05) is 19.1 Å². The number of nitrogens with two attached hydrogens (primary N) is 1. The van der Waals surface area contributed by atoms with E-state index in [1.807, 2.05) is 6.07 Å². The van der Waals surface area contributed by atoms with Gasteiger partial charge in [-0.15, -0.1) is 0 Å². The largest absolute Gasteiger partial charge is 0.534 e. The number of nitriles is 1. The van der Waals surface area contributed by atoms with Crippen LogP contribution in [-0.2, 0) is 29.2 Å². The van der Waals surface area contributed by atoms with Gasteiger partial charge in [0.25, 0.3) is 0 Å². The van der Waals surface area contributed by atoms with Gasteiger partial charge in [0.1, 0.15) is 11.5 Å². The summed E-state index contributed by atoms with van der Waals surface area (Å²) in [5.41, 5.74) is -0.787. The van der Waals surface area contributed by atoms with Crippen LogP contribution in [0.3, 0.4) is 0 Å². The number of hydrogen-bond acceptors (Lipinski definition) is 10. The van der Waals surface area contributed by atoms with E-state index in [0.29, 0.717) is 5.56 Å². The maximum atomic E-state index is 13.2. The first-order valence-electron chi connectivity index (χ1n) is 10.7. The molecule has 206 valence electrons. The zero-order chi connectivity index (χ0) is 29.3. The van der Waals surface area contributed by atoms with Crippen LogP contribution in [0.2, 0.25) is 0 Å². The van der Waals surface area contributed by atoms with E-state index in [1.165, 1.54) is 6.92 Å². The molecule has 0 aromatic heterocycles. The molecular formula is C24H19BrF3N3O7S. The van der Waals surface area contributed by atoms with E-state index in [9.17, 15) is 36.4 Å². The third kappa shape index (κ3) is 5.43. The van der Waals surface area contributed by atoms with Gasteiger partial charge in [0.15, 0.2) is 5.75 Å².